The summed E-state index contributed by atoms with van der Waals surface area (Å²) in [6, 6.07) is 21.6. The Morgan fingerprint density at radius 2 is 1.12 bits per heavy atom. The van der Waals surface area contributed by atoms with Crippen LogP contribution < -0.4 is 19.2 Å². The van der Waals surface area contributed by atoms with E-state index in [2.05, 4.69) is 84.6 Å². The second-order valence-corrected chi connectivity index (χ2v) is 11.6. The van der Waals surface area contributed by atoms with Crippen LogP contribution in [0, 0.1) is 0 Å². The third kappa shape index (κ3) is 14.1. The highest BCUT2D eigenvalue weighted by atomic mass is 16.7. The molecule has 1 aromatic heterocycles. The molecule has 0 bridgehead atoms. The zero-order valence-corrected chi connectivity index (χ0v) is 26.6. The maximum atomic E-state index is 5.91. The van der Waals surface area contributed by atoms with Crippen molar-refractivity contribution in [1.29, 1.82) is 0 Å². The van der Waals surface area contributed by atoms with Gasteiger partial charge in [0.2, 0.25) is 12.4 Å². The van der Waals surface area contributed by atoms with E-state index in [9.17, 15) is 0 Å². The van der Waals surface area contributed by atoms with Crippen molar-refractivity contribution in [1.82, 2.24) is 0 Å². The fourth-order valence-corrected chi connectivity index (χ4v) is 5.01. The minimum atomic E-state index is 0.776. The molecule has 0 spiro atoms. The van der Waals surface area contributed by atoms with Crippen LogP contribution in [0.15, 0.2) is 73.1 Å². The Bertz CT molecular complexity index is 1110. The van der Waals surface area contributed by atoms with E-state index in [1.54, 1.807) is 0 Å². The van der Waals surface area contributed by atoms with Crippen LogP contribution in [0.2, 0.25) is 0 Å². The molecule has 0 aliphatic rings. The van der Waals surface area contributed by atoms with E-state index < -0.39 is 0 Å². The summed E-state index contributed by atoms with van der Waals surface area (Å²) in [5.74, 6) is 0.969. The predicted molar refractivity (Wildman–Crippen MR) is 179 cm³/mol. The number of pyridine rings is 1. The number of aryl methyl sites for hydroxylation is 1. The van der Waals surface area contributed by atoms with E-state index >= 15 is 0 Å². The van der Waals surface area contributed by atoms with Gasteiger partial charge in [-0.2, -0.15) is 0 Å². The van der Waals surface area contributed by atoms with Crippen LogP contribution in [0.1, 0.15) is 107 Å². The average molecular weight is 572 g/mol. The summed E-state index contributed by atoms with van der Waals surface area (Å²) in [6.07, 6.45) is 26.1. The second-order valence-electron chi connectivity index (χ2n) is 11.6. The van der Waals surface area contributed by atoms with E-state index in [4.69, 9.17) is 9.57 Å². The Kier molecular flexibility index (Phi) is 16.3. The normalized spacial score (nSPS) is 11.2. The molecule has 1 heterocycles. The number of ether oxygens (including phenoxy) is 1. The van der Waals surface area contributed by atoms with Crippen molar-refractivity contribution < 1.29 is 14.3 Å². The third-order valence-electron chi connectivity index (χ3n) is 7.75. The van der Waals surface area contributed by atoms with Gasteiger partial charge in [0.1, 0.15) is 5.75 Å². The lowest BCUT2D eigenvalue weighted by molar-refractivity contribution is -0.891. The Balaban J connectivity index is 1.19. The largest absolute Gasteiger partial charge is 0.494 e. The quantitative estimate of drug-likeness (QED) is 0.0682. The number of hydrogen-bond acceptors (Lipinski definition) is 3. The Hall–Kier alpha value is -3.27. The van der Waals surface area contributed by atoms with Gasteiger partial charge in [-0.25, -0.2) is 0 Å². The van der Waals surface area contributed by atoms with Crippen molar-refractivity contribution in [3.8, 4) is 5.75 Å². The molecule has 42 heavy (non-hydrogen) atoms. The first-order valence-corrected chi connectivity index (χ1v) is 16.5. The van der Waals surface area contributed by atoms with Gasteiger partial charge in [0.05, 0.1) is 6.61 Å². The Morgan fingerprint density at radius 3 is 1.71 bits per heavy atom. The Morgan fingerprint density at radius 1 is 0.595 bits per heavy atom. The molecule has 0 N–H and O–H groups in total. The third-order valence-corrected chi connectivity index (χ3v) is 7.75. The van der Waals surface area contributed by atoms with Crippen LogP contribution in [0.25, 0.3) is 12.2 Å². The summed E-state index contributed by atoms with van der Waals surface area (Å²) >= 11 is 0. The summed E-state index contributed by atoms with van der Waals surface area (Å²) in [5.41, 5.74) is 5.07. The van der Waals surface area contributed by atoms with Crippen molar-refractivity contribution in [3.63, 3.8) is 0 Å². The van der Waals surface area contributed by atoms with Gasteiger partial charge in [-0.15, -0.1) is 0 Å². The minimum Gasteiger partial charge on any atom is -0.494 e. The second kappa shape index (κ2) is 20.6. The molecular formula is C38H55N2O2+. The summed E-state index contributed by atoms with van der Waals surface area (Å²) in [5, 5.41) is 0. The Labute approximate surface area is 256 Å². The molecule has 0 saturated heterocycles. The summed E-state index contributed by atoms with van der Waals surface area (Å²) in [6.45, 7) is 3.85. The lowest BCUT2D eigenvalue weighted by Crippen LogP contribution is -2.42. The number of anilines is 1. The predicted octanol–water partition coefficient (Wildman–Crippen LogP) is 9.35. The molecule has 4 heteroatoms. The molecule has 0 radical (unpaired) electrons. The summed E-state index contributed by atoms with van der Waals surface area (Å²) in [4.78, 5) is 7.89. The number of benzene rings is 2. The lowest BCUT2D eigenvalue weighted by Gasteiger charge is -2.09. The van der Waals surface area contributed by atoms with Crippen LogP contribution in [0.4, 0.5) is 5.69 Å². The molecule has 228 valence electrons. The molecule has 0 unspecified atom stereocenters. The van der Waals surface area contributed by atoms with E-state index in [1.165, 1.54) is 99.4 Å². The topological polar surface area (TPSA) is 25.6 Å². The minimum absolute atomic E-state index is 0.776. The van der Waals surface area contributed by atoms with E-state index in [1.807, 2.05) is 31.2 Å². The summed E-state index contributed by atoms with van der Waals surface area (Å²) in [7, 11) is 4.09. The highest BCUT2D eigenvalue weighted by Gasteiger charge is 2.03. The molecular weight excluding hydrogens is 516 g/mol. The first-order chi connectivity index (χ1) is 20.6. The lowest BCUT2D eigenvalue weighted by atomic mass is 10.0. The van der Waals surface area contributed by atoms with E-state index in [0.29, 0.717) is 0 Å². The van der Waals surface area contributed by atoms with Crippen LogP contribution in [0.3, 0.4) is 0 Å². The number of rotatable bonds is 22. The highest BCUT2D eigenvalue weighted by molar-refractivity contribution is 5.69. The fourth-order valence-electron chi connectivity index (χ4n) is 5.01. The van der Waals surface area contributed by atoms with Gasteiger partial charge < -0.3 is 9.64 Å². The van der Waals surface area contributed by atoms with Crippen molar-refractivity contribution in [2.75, 3.05) is 32.2 Å². The summed E-state index contributed by atoms with van der Waals surface area (Å²) < 4.78 is 7.72. The van der Waals surface area contributed by atoms with Crippen LogP contribution in [0.5, 0.6) is 5.75 Å². The molecule has 0 fully saturated rings. The molecule has 4 nitrogen and oxygen atoms in total. The SMILES string of the molecule is CCCCCCCCOc1ccc(C=Cc2ccc(CCCCCCCCCO[n+]3ccc(N(C)C)cc3)cc2)cc1. The number of nitrogens with zero attached hydrogens (tertiary/aromatic N) is 2. The van der Waals surface area contributed by atoms with Gasteiger partial charge in [-0.1, -0.05) is 113 Å². The molecule has 0 saturated carbocycles. The van der Waals surface area contributed by atoms with Gasteiger partial charge in [0, 0.05) is 36.6 Å². The molecule has 0 amide bonds. The van der Waals surface area contributed by atoms with Crippen molar-refractivity contribution >= 4 is 17.8 Å². The van der Waals surface area contributed by atoms with Gasteiger partial charge in [0.15, 0.2) is 6.61 Å². The number of hydrogen-bond donors (Lipinski definition) is 0. The van der Waals surface area contributed by atoms with E-state index in [-0.39, 0.29) is 0 Å². The first-order valence-electron chi connectivity index (χ1n) is 16.5. The van der Waals surface area contributed by atoms with Gasteiger partial charge in [-0.3, -0.25) is 4.84 Å². The van der Waals surface area contributed by atoms with Crippen LogP contribution in [-0.2, 0) is 6.42 Å². The molecule has 3 aromatic rings. The highest BCUT2D eigenvalue weighted by Crippen LogP contribution is 2.17. The maximum Gasteiger partial charge on any atom is 0.224 e. The average Bonchev–Trinajstić information content (AvgIpc) is 3.02. The molecule has 0 aliphatic heterocycles. The van der Waals surface area contributed by atoms with Crippen molar-refractivity contribution in [3.05, 3.63) is 89.7 Å². The van der Waals surface area contributed by atoms with Gasteiger partial charge >= 0.3 is 0 Å². The number of aromatic nitrogens is 1. The van der Waals surface area contributed by atoms with E-state index in [0.717, 1.165) is 31.8 Å². The van der Waals surface area contributed by atoms with Crippen molar-refractivity contribution in [2.45, 2.75) is 96.8 Å². The molecule has 2 aromatic carbocycles. The zero-order chi connectivity index (χ0) is 29.7. The smallest absolute Gasteiger partial charge is 0.224 e. The standard InChI is InChI=1S/C38H55N2O2/c1-4-5-6-7-12-15-32-41-38-26-24-36(25-27-38)23-22-35-20-18-34(19-21-35)17-14-11-9-8-10-13-16-33-42-40-30-28-37(29-31-40)39(2)3/h18-31H,4-17,32-33H2,1-3H3/q+1. The molecule has 0 atom stereocenters. The van der Waals surface area contributed by atoms with Crippen LogP contribution >= 0.6 is 0 Å². The zero-order valence-electron chi connectivity index (χ0n) is 26.6. The van der Waals surface area contributed by atoms with Gasteiger partial charge in [-0.05, 0) is 60.9 Å². The van der Waals surface area contributed by atoms with Gasteiger partial charge in [0.25, 0.3) is 0 Å². The van der Waals surface area contributed by atoms with Crippen molar-refractivity contribution in [2.24, 2.45) is 0 Å². The first kappa shape index (κ1) is 33.2. The maximum absolute atomic E-state index is 5.91. The number of unbranched alkanes of at least 4 members (excludes halogenated alkanes) is 11. The van der Waals surface area contributed by atoms with Crippen LogP contribution in [-0.4, -0.2) is 27.3 Å². The molecule has 3 rings (SSSR count). The monoisotopic (exact) mass is 571 g/mol. The molecule has 0 aliphatic carbocycles. The fraction of sp³-hybridized carbons (Fsp3) is 0.500.